The number of nitrogens with zero attached hydrogens (tertiary/aromatic N) is 1. The van der Waals surface area contributed by atoms with Gasteiger partial charge in [0.05, 0.1) is 5.69 Å². The summed E-state index contributed by atoms with van der Waals surface area (Å²) in [6.07, 6.45) is 8.50. The third-order valence-electron chi connectivity index (χ3n) is 13.7. The molecule has 4 bridgehead atoms. The fourth-order valence-electron chi connectivity index (χ4n) is 11.7. The molecule has 5 aliphatic carbocycles. The molecule has 6 aromatic rings. The Morgan fingerprint density at radius 2 is 1.12 bits per heavy atom. The lowest BCUT2D eigenvalue weighted by Gasteiger charge is -2.57. The van der Waals surface area contributed by atoms with E-state index in [1.165, 1.54) is 105 Å². The maximum atomic E-state index is 2.62. The molecule has 0 atom stereocenters. The molecule has 52 heavy (non-hydrogen) atoms. The Hall–Kier alpha value is -4.62. The molecule has 0 N–H and O–H groups in total. The largest absolute Gasteiger partial charge is 0.310 e. The minimum absolute atomic E-state index is 0.00781. The number of fused-ring (bicyclic) bond motifs is 4. The Morgan fingerprint density at radius 1 is 0.519 bits per heavy atom. The lowest BCUT2D eigenvalue weighted by atomic mass is 9.48. The predicted octanol–water partition coefficient (Wildman–Crippen LogP) is 14.0. The van der Waals surface area contributed by atoms with Crippen molar-refractivity contribution in [2.45, 2.75) is 89.4 Å². The first kappa shape index (κ1) is 32.1. The van der Waals surface area contributed by atoms with Crippen molar-refractivity contribution in [2.24, 2.45) is 17.8 Å². The Labute approximate surface area is 310 Å². The van der Waals surface area contributed by atoms with Crippen LogP contribution in [-0.2, 0) is 16.2 Å². The second kappa shape index (κ2) is 11.4. The van der Waals surface area contributed by atoms with Crippen LogP contribution in [0.4, 0.5) is 17.1 Å². The summed E-state index contributed by atoms with van der Waals surface area (Å²) in [4.78, 5) is 2.62. The summed E-state index contributed by atoms with van der Waals surface area (Å²) in [6.45, 7) is 11.8. The van der Waals surface area contributed by atoms with Crippen molar-refractivity contribution in [2.75, 3.05) is 4.90 Å². The highest BCUT2D eigenvalue weighted by molar-refractivity contribution is 5.99. The quantitative estimate of drug-likeness (QED) is 0.176. The number of hydrogen-bond acceptors (Lipinski definition) is 1. The average molecular weight is 678 g/mol. The van der Waals surface area contributed by atoms with E-state index in [4.69, 9.17) is 0 Å². The highest BCUT2D eigenvalue weighted by Gasteiger charge is 2.51. The van der Waals surface area contributed by atoms with Crippen LogP contribution in [-0.4, -0.2) is 0 Å². The van der Waals surface area contributed by atoms with Gasteiger partial charge in [-0.2, -0.15) is 0 Å². The van der Waals surface area contributed by atoms with Gasteiger partial charge in [0.1, 0.15) is 0 Å². The van der Waals surface area contributed by atoms with Crippen LogP contribution in [0.25, 0.3) is 33.0 Å². The van der Waals surface area contributed by atoms with Crippen LogP contribution < -0.4 is 4.90 Å². The van der Waals surface area contributed by atoms with E-state index in [2.05, 4.69) is 167 Å². The monoisotopic (exact) mass is 677 g/mol. The third kappa shape index (κ3) is 4.95. The van der Waals surface area contributed by atoms with Gasteiger partial charge in [-0.1, -0.05) is 126 Å². The molecule has 0 aromatic heterocycles. The van der Waals surface area contributed by atoms with Crippen molar-refractivity contribution in [3.05, 3.63) is 150 Å². The lowest BCUT2D eigenvalue weighted by molar-refractivity contribution is -0.00516. The van der Waals surface area contributed by atoms with Gasteiger partial charge in [0.2, 0.25) is 0 Å². The molecule has 4 saturated carbocycles. The Morgan fingerprint density at radius 3 is 1.83 bits per heavy atom. The molecule has 0 radical (unpaired) electrons. The van der Waals surface area contributed by atoms with E-state index in [0.717, 1.165) is 17.8 Å². The topological polar surface area (TPSA) is 3.24 Å². The van der Waals surface area contributed by atoms with Crippen LogP contribution in [0.3, 0.4) is 0 Å². The molecule has 11 rings (SSSR count). The number of benzene rings is 6. The molecule has 6 aromatic carbocycles. The van der Waals surface area contributed by atoms with Gasteiger partial charge in [0.25, 0.3) is 0 Å². The highest BCUT2D eigenvalue weighted by Crippen LogP contribution is 2.61. The van der Waals surface area contributed by atoms with E-state index in [-0.39, 0.29) is 10.8 Å². The molecule has 1 heteroatoms. The minimum atomic E-state index is -0.0836. The van der Waals surface area contributed by atoms with E-state index >= 15 is 0 Å². The predicted molar refractivity (Wildman–Crippen MR) is 220 cm³/mol. The zero-order valence-electron chi connectivity index (χ0n) is 31.5. The number of anilines is 3. The van der Waals surface area contributed by atoms with Crippen molar-refractivity contribution >= 4 is 27.8 Å². The van der Waals surface area contributed by atoms with E-state index in [1.54, 1.807) is 5.56 Å². The molecule has 0 unspecified atom stereocenters. The first-order valence-corrected chi connectivity index (χ1v) is 19.9. The van der Waals surface area contributed by atoms with Gasteiger partial charge in [0.15, 0.2) is 0 Å². The molecule has 1 nitrogen and oxygen atoms in total. The summed E-state index contributed by atoms with van der Waals surface area (Å²) in [7, 11) is 0. The van der Waals surface area contributed by atoms with Gasteiger partial charge < -0.3 is 4.90 Å². The average Bonchev–Trinajstić information content (AvgIpc) is 3.36. The normalized spacial score (nSPS) is 23.8. The van der Waals surface area contributed by atoms with Crippen LogP contribution in [0.2, 0.25) is 0 Å². The summed E-state index contributed by atoms with van der Waals surface area (Å²) >= 11 is 0. The van der Waals surface area contributed by atoms with E-state index in [0.29, 0.717) is 5.41 Å². The lowest BCUT2D eigenvalue weighted by Crippen LogP contribution is -2.48. The molecule has 5 aliphatic rings. The number of hydrogen-bond donors (Lipinski definition) is 0. The summed E-state index contributed by atoms with van der Waals surface area (Å²) < 4.78 is 0. The molecule has 0 amide bonds. The second-order valence-corrected chi connectivity index (χ2v) is 18.5. The van der Waals surface area contributed by atoms with E-state index in [1.807, 2.05) is 0 Å². The zero-order chi connectivity index (χ0) is 35.4. The summed E-state index contributed by atoms with van der Waals surface area (Å²) in [5.41, 5.74) is 15.1. The van der Waals surface area contributed by atoms with Crippen LogP contribution in [0, 0.1) is 17.8 Å². The molecule has 4 fully saturated rings. The van der Waals surface area contributed by atoms with E-state index < -0.39 is 0 Å². The maximum absolute atomic E-state index is 2.62. The van der Waals surface area contributed by atoms with Crippen molar-refractivity contribution in [3.63, 3.8) is 0 Å². The Bertz CT molecular complexity index is 2330. The zero-order valence-corrected chi connectivity index (χ0v) is 31.5. The second-order valence-electron chi connectivity index (χ2n) is 18.5. The van der Waals surface area contributed by atoms with Crippen LogP contribution in [0.5, 0.6) is 0 Å². The fraction of sp³-hybridized carbons (Fsp3) is 0.333. The maximum Gasteiger partial charge on any atom is 0.0546 e. The smallest absolute Gasteiger partial charge is 0.0546 e. The van der Waals surface area contributed by atoms with E-state index in [9.17, 15) is 0 Å². The van der Waals surface area contributed by atoms with Gasteiger partial charge in [-0.25, -0.2) is 0 Å². The summed E-state index contributed by atoms with van der Waals surface area (Å²) in [5, 5.41) is 2.54. The SMILES string of the molecule is CC(C)(C)c1ccccc1-c1cc2ccccc2cc1N(c1cccc(C23CC4CC(CC(C4)C2)C3)c1)c1ccc2c(c1)C(C)(C)c1ccccc1-2. The van der Waals surface area contributed by atoms with Gasteiger partial charge in [0, 0.05) is 22.4 Å². The Balaban J connectivity index is 1.23. The first-order valence-electron chi connectivity index (χ1n) is 19.9. The minimum Gasteiger partial charge on any atom is -0.310 e. The molecular formula is C51H51N. The van der Waals surface area contributed by atoms with Crippen molar-refractivity contribution in [3.8, 4) is 22.3 Å². The highest BCUT2D eigenvalue weighted by atomic mass is 15.1. The Kier molecular flexibility index (Phi) is 7.05. The molecule has 0 heterocycles. The molecule has 0 spiro atoms. The van der Waals surface area contributed by atoms with Crippen LogP contribution >= 0.6 is 0 Å². The first-order chi connectivity index (χ1) is 25.1. The summed E-state index contributed by atoms with van der Waals surface area (Å²) in [5.74, 6) is 2.73. The van der Waals surface area contributed by atoms with Crippen molar-refractivity contribution in [1.29, 1.82) is 0 Å². The third-order valence-corrected chi connectivity index (χ3v) is 13.7. The van der Waals surface area contributed by atoms with Gasteiger partial charge in [-0.05, 0) is 153 Å². The molecular weight excluding hydrogens is 627 g/mol. The molecule has 0 aliphatic heterocycles. The van der Waals surface area contributed by atoms with Crippen LogP contribution in [0.1, 0.15) is 95.4 Å². The fourth-order valence-corrected chi connectivity index (χ4v) is 11.7. The van der Waals surface area contributed by atoms with Gasteiger partial charge >= 0.3 is 0 Å². The van der Waals surface area contributed by atoms with Crippen molar-refractivity contribution in [1.82, 2.24) is 0 Å². The molecule has 260 valence electrons. The standard InChI is InChI=1S/C51H51N/c1-49(2,3)45-19-10-8-18-42(45)44-26-36-13-6-7-14-37(36)27-48(44)52(40-21-22-43-41-17-9-11-20-46(41)50(4,5)47(43)29-40)39-16-12-15-38(28-39)51-30-33-23-34(31-51)25-35(24-33)32-51/h6-22,26-29,33-35H,23-25,30-32H2,1-5H3. The van der Waals surface area contributed by atoms with Crippen molar-refractivity contribution < 1.29 is 0 Å². The van der Waals surface area contributed by atoms with Gasteiger partial charge in [-0.15, -0.1) is 0 Å². The van der Waals surface area contributed by atoms with Crippen LogP contribution in [0.15, 0.2) is 127 Å². The number of rotatable bonds is 5. The van der Waals surface area contributed by atoms with Gasteiger partial charge in [-0.3, -0.25) is 0 Å². The molecule has 0 saturated heterocycles. The summed E-state index contributed by atoms with van der Waals surface area (Å²) in [6, 6.07) is 49.1.